The summed E-state index contributed by atoms with van der Waals surface area (Å²) < 4.78 is 18.2. The van der Waals surface area contributed by atoms with Crippen molar-refractivity contribution in [1.29, 1.82) is 0 Å². The number of halogens is 2. The first-order chi connectivity index (χ1) is 14.3. The van der Waals surface area contributed by atoms with Crippen molar-refractivity contribution in [2.45, 2.75) is 6.92 Å². The molecule has 0 fully saturated rings. The lowest BCUT2D eigenvalue weighted by Crippen LogP contribution is -2.20. The van der Waals surface area contributed by atoms with Crippen molar-refractivity contribution in [2.24, 2.45) is 5.10 Å². The van der Waals surface area contributed by atoms with E-state index in [1.165, 1.54) is 25.1 Å². The molecular weight excluding hydrogens is 522 g/mol. The van der Waals surface area contributed by atoms with E-state index < -0.39 is 5.97 Å². The second kappa shape index (κ2) is 9.40. The minimum atomic E-state index is -0.542. The summed E-state index contributed by atoms with van der Waals surface area (Å²) in [5.41, 5.74) is 0.762. The number of aryl methyl sites for hydroxylation is 1. The molecule has 0 aliphatic heterocycles. The average Bonchev–Trinajstić information content (AvgIpc) is 2.72. The number of hydrogen-bond donors (Lipinski definition) is 0. The summed E-state index contributed by atoms with van der Waals surface area (Å²) in [6, 6.07) is 8.70. The first-order valence-electron chi connectivity index (χ1n) is 8.64. The highest BCUT2D eigenvalue weighted by atomic mass is 79.9. The molecule has 1 aromatic heterocycles. The van der Waals surface area contributed by atoms with Crippen LogP contribution in [0.1, 0.15) is 11.4 Å². The van der Waals surface area contributed by atoms with Crippen LogP contribution in [0, 0.1) is 6.92 Å². The van der Waals surface area contributed by atoms with Gasteiger partial charge in [-0.1, -0.05) is 31.9 Å². The van der Waals surface area contributed by atoms with Crippen LogP contribution in [0.2, 0.25) is 0 Å². The minimum Gasteiger partial charge on any atom is -0.493 e. The van der Waals surface area contributed by atoms with E-state index in [-0.39, 0.29) is 17.9 Å². The Kier molecular flexibility index (Phi) is 6.88. The van der Waals surface area contributed by atoms with E-state index in [9.17, 15) is 9.59 Å². The fraction of sp³-hybridized carbons (Fsp3) is 0.200. The molecule has 1 heterocycles. The Morgan fingerprint density at radius 3 is 2.67 bits per heavy atom. The number of carbonyl (C=O) groups is 1. The van der Waals surface area contributed by atoms with Gasteiger partial charge in [0.25, 0.3) is 5.56 Å². The molecule has 0 saturated carbocycles. The van der Waals surface area contributed by atoms with Crippen LogP contribution in [0.4, 0.5) is 0 Å². The molecule has 30 heavy (non-hydrogen) atoms. The maximum Gasteiger partial charge on any atom is 0.343 e. The summed E-state index contributed by atoms with van der Waals surface area (Å²) >= 11 is 6.77. The Morgan fingerprint density at radius 2 is 1.97 bits per heavy atom. The molecule has 0 aliphatic rings. The molecule has 10 heteroatoms. The molecule has 0 aliphatic carbocycles. The molecular formula is C20H17Br2N3O5. The number of benzene rings is 2. The zero-order valence-corrected chi connectivity index (χ0v) is 19.5. The molecule has 156 valence electrons. The number of hydrogen-bond acceptors (Lipinski definition) is 7. The highest BCUT2D eigenvalue weighted by molar-refractivity contribution is 9.10. The Bertz CT molecular complexity index is 1210. The van der Waals surface area contributed by atoms with Crippen molar-refractivity contribution in [1.82, 2.24) is 9.66 Å². The lowest BCUT2D eigenvalue weighted by molar-refractivity contribution is -0.142. The van der Waals surface area contributed by atoms with Gasteiger partial charge >= 0.3 is 5.97 Å². The summed E-state index contributed by atoms with van der Waals surface area (Å²) in [4.78, 5) is 28.8. The maximum atomic E-state index is 12.9. The number of rotatable bonds is 6. The Balaban J connectivity index is 2.08. The fourth-order valence-electron chi connectivity index (χ4n) is 2.70. The summed E-state index contributed by atoms with van der Waals surface area (Å²) in [7, 11) is 2.75. The van der Waals surface area contributed by atoms with E-state index in [4.69, 9.17) is 9.47 Å². The van der Waals surface area contributed by atoms with Gasteiger partial charge in [0.05, 0.1) is 31.3 Å². The monoisotopic (exact) mass is 537 g/mol. The molecule has 0 amide bonds. The fourth-order valence-corrected chi connectivity index (χ4v) is 3.51. The van der Waals surface area contributed by atoms with Crippen LogP contribution in [0.5, 0.6) is 11.5 Å². The van der Waals surface area contributed by atoms with E-state index in [1.807, 2.05) is 6.07 Å². The second-order valence-corrected chi connectivity index (χ2v) is 7.90. The SMILES string of the molecule is COC(=O)COc1c(C=Nn2c(C)nc3ccc(Br)cc3c2=O)cc(Br)cc1OC. The number of nitrogens with zero attached hydrogens (tertiary/aromatic N) is 3. The highest BCUT2D eigenvalue weighted by Crippen LogP contribution is 2.34. The van der Waals surface area contributed by atoms with E-state index in [0.29, 0.717) is 32.5 Å². The van der Waals surface area contributed by atoms with E-state index in [2.05, 4.69) is 46.7 Å². The Hall–Kier alpha value is -2.72. The predicted octanol–water partition coefficient (Wildman–Crippen LogP) is 3.67. The number of esters is 1. The van der Waals surface area contributed by atoms with Gasteiger partial charge in [0.1, 0.15) is 5.82 Å². The molecule has 2 aromatic carbocycles. The number of methoxy groups -OCH3 is 2. The summed E-state index contributed by atoms with van der Waals surface area (Å²) in [5.74, 6) is 0.556. The van der Waals surface area contributed by atoms with Crippen molar-refractivity contribution >= 4 is 54.9 Å². The predicted molar refractivity (Wildman–Crippen MR) is 120 cm³/mol. The number of aromatic nitrogens is 2. The minimum absolute atomic E-state index is 0.289. The topological polar surface area (TPSA) is 92.0 Å². The van der Waals surface area contributed by atoms with Crippen molar-refractivity contribution in [3.05, 3.63) is 61.0 Å². The van der Waals surface area contributed by atoms with Gasteiger partial charge in [-0.15, -0.1) is 0 Å². The van der Waals surface area contributed by atoms with Crippen LogP contribution in [0.3, 0.4) is 0 Å². The third-order valence-corrected chi connectivity index (χ3v) is 5.06. The van der Waals surface area contributed by atoms with Gasteiger partial charge in [-0.2, -0.15) is 9.78 Å². The lowest BCUT2D eigenvalue weighted by atomic mass is 10.2. The summed E-state index contributed by atoms with van der Waals surface area (Å²) in [5, 5.41) is 4.74. The first kappa shape index (κ1) is 22.0. The number of ether oxygens (including phenoxy) is 3. The molecule has 3 aromatic rings. The number of carbonyl (C=O) groups excluding carboxylic acids is 1. The van der Waals surface area contributed by atoms with Gasteiger partial charge < -0.3 is 14.2 Å². The maximum absolute atomic E-state index is 12.9. The van der Waals surface area contributed by atoms with Gasteiger partial charge in [-0.3, -0.25) is 4.79 Å². The smallest absolute Gasteiger partial charge is 0.343 e. The van der Waals surface area contributed by atoms with Crippen molar-refractivity contribution < 1.29 is 19.0 Å². The van der Waals surface area contributed by atoms with Crippen LogP contribution in [-0.4, -0.2) is 42.7 Å². The zero-order valence-electron chi connectivity index (χ0n) is 16.3. The molecule has 0 saturated heterocycles. The van der Waals surface area contributed by atoms with Gasteiger partial charge in [-0.05, 0) is 37.3 Å². The molecule has 8 nitrogen and oxygen atoms in total. The normalized spacial score (nSPS) is 11.1. The first-order valence-corrected chi connectivity index (χ1v) is 10.2. The molecule has 0 radical (unpaired) electrons. The molecule has 0 spiro atoms. The summed E-state index contributed by atoms with van der Waals surface area (Å²) in [6.07, 6.45) is 1.44. The van der Waals surface area contributed by atoms with E-state index >= 15 is 0 Å². The zero-order chi connectivity index (χ0) is 21.8. The van der Waals surface area contributed by atoms with Crippen LogP contribution in [0.25, 0.3) is 10.9 Å². The average molecular weight is 539 g/mol. The number of fused-ring (bicyclic) bond motifs is 1. The Labute approximate surface area is 188 Å². The second-order valence-electron chi connectivity index (χ2n) is 6.07. The van der Waals surface area contributed by atoms with Gasteiger partial charge in [0.2, 0.25) is 0 Å². The van der Waals surface area contributed by atoms with Crippen molar-refractivity contribution in [3.8, 4) is 11.5 Å². The molecule has 0 atom stereocenters. The van der Waals surface area contributed by atoms with Crippen molar-refractivity contribution in [3.63, 3.8) is 0 Å². The van der Waals surface area contributed by atoms with Gasteiger partial charge in [0, 0.05) is 14.5 Å². The Morgan fingerprint density at radius 1 is 1.20 bits per heavy atom. The quantitative estimate of drug-likeness (QED) is 0.351. The molecule has 0 unspecified atom stereocenters. The van der Waals surface area contributed by atoms with Crippen LogP contribution >= 0.6 is 31.9 Å². The molecule has 0 bridgehead atoms. The van der Waals surface area contributed by atoms with E-state index in [0.717, 1.165) is 4.47 Å². The lowest BCUT2D eigenvalue weighted by Gasteiger charge is -2.13. The highest BCUT2D eigenvalue weighted by Gasteiger charge is 2.14. The van der Waals surface area contributed by atoms with Crippen LogP contribution < -0.4 is 15.0 Å². The largest absolute Gasteiger partial charge is 0.493 e. The molecule has 3 rings (SSSR count). The van der Waals surface area contributed by atoms with Crippen LogP contribution in [-0.2, 0) is 9.53 Å². The molecule has 0 N–H and O–H groups in total. The van der Waals surface area contributed by atoms with Gasteiger partial charge in [-0.25, -0.2) is 9.78 Å². The van der Waals surface area contributed by atoms with Crippen molar-refractivity contribution in [2.75, 3.05) is 20.8 Å². The summed E-state index contributed by atoms with van der Waals surface area (Å²) in [6.45, 7) is 1.39. The van der Waals surface area contributed by atoms with E-state index in [1.54, 1.807) is 31.2 Å². The third-order valence-electron chi connectivity index (χ3n) is 4.11. The standard InChI is InChI=1S/C20H17Br2N3O5/c1-11-24-16-5-4-13(21)7-15(16)20(27)25(11)23-9-12-6-14(22)8-17(28-2)19(12)30-10-18(26)29-3/h4-9H,10H2,1-3H3. The van der Waals surface area contributed by atoms with Crippen LogP contribution in [0.15, 0.2) is 49.2 Å². The third kappa shape index (κ3) is 4.71. The van der Waals surface area contributed by atoms with Gasteiger partial charge in [0.15, 0.2) is 18.1 Å².